The summed E-state index contributed by atoms with van der Waals surface area (Å²) >= 11 is 0. The van der Waals surface area contributed by atoms with Gasteiger partial charge in [0.25, 0.3) is 0 Å². The van der Waals surface area contributed by atoms with Gasteiger partial charge in [0.2, 0.25) is 5.91 Å². The van der Waals surface area contributed by atoms with Crippen molar-refractivity contribution in [3.05, 3.63) is 71.8 Å². The molecule has 31 heavy (non-hydrogen) atoms. The van der Waals surface area contributed by atoms with Gasteiger partial charge in [-0.2, -0.15) is 0 Å². The van der Waals surface area contributed by atoms with Crippen molar-refractivity contribution >= 4 is 11.9 Å². The van der Waals surface area contributed by atoms with E-state index in [9.17, 15) is 9.59 Å². The number of nitrogens with one attached hydrogen (secondary N) is 1. The molecule has 0 unspecified atom stereocenters. The molecule has 0 heterocycles. The number of carbonyl (C=O) groups excluding carboxylic acids is 2. The van der Waals surface area contributed by atoms with Crippen LogP contribution in [0, 0.1) is 23.2 Å². The van der Waals surface area contributed by atoms with Crippen molar-refractivity contribution in [2.24, 2.45) is 23.2 Å². The van der Waals surface area contributed by atoms with Gasteiger partial charge in [0.15, 0.2) is 0 Å². The third-order valence-corrected chi connectivity index (χ3v) is 7.95. The summed E-state index contributed by atoms with van der Waals surface area (Å²) in [6.45, 7) is 0. The zero-order valence-corrected chi connectivity index (χ0v) is 18.1. The molecule has 4 bridgehead atoms. The summed E-state index contributed by atoms with van der Waals surface area (Å²) in [7, 11) is 1.44. The number of ether oxygens (including phenoxy) is 1. The van der Waals surface area contributed by atoms with E-state index in [-0.39, 0.29) is 17.3 Å². The first kappa shape index (κ1) is 20.3. The average molecular weight is 418 g/mol. The summed E-state index contributed by atoms with van der Waals surface area (Å²) in [5.74, 6) is 1.19. The Balaban J connectivity index is 1.47. The minimum Gasteiger partial charge on any atom is -0.467 e. The molecule has 4 heteroatoms. The van der Waals surface area contributed by atoms with Crippen molar-refractivity contribution in [1.29, 1.82) is 0 Å². The number of carbonyl (C=O) groups is 2. The van der Waals surface area contributed by atoms with Crippen molar-refractivity contribution in [3.8, 4) is 0 Å². The first-order valence-corrected chi connectivity index (χ1v) is 11.6. The highest BCUT2D eigenvalue weighted by Gasteiger charge is 2.57. The standard InChI is InChI=1S/C27H31NO3/c1-31-26(30)24(27-15-18-12-19(16-27)14-20(13-18)17-27)28-25(29)23(21-8-4-2-5-9-21)22-10-6-3-7-11-22/h2-11,18-20,23-24H,12-17H2,1H3,(H,28,29)/t18?,19?,20?,24-,27?/m1/s1. The van der Waals surface area contributed by atoms with Crippen LogP contribution in [0.15, 0.2) is 60.7 Å². The predicted molar refractivity (Wildman–Crippen MR) is 119 cm³/mol. The summed E-state index contributed by atoms with van der Waals surface area (Å²) < 4.78 is 5.24. The summed E-state index contributed by atoms with van der Waals surface area (Å²) in [6.07, 6.45) is 6.95. The maximum absolute atomic E-state index is 13.7. The van der Waals surface area contributed by atoms with Crippen LogP contribution in [0.2, 0.25) is 0 Å². The maximum Gasteiger partial charge on any atom is 0.328 e. The molecule has 1 atom stereocenters. The normalized spacial score (nSPS) is 29.5. The van der Waals surface area contributed by atoms with Gasteiger partial charge in [-0.1, -0.05) is 60.7 Å². The maximum atomic E-state index is 13.7. The third-order valence-electron chi connectivity index (χ3n) is 7.95. The van der Waals surface area contributed by atoms with E-state index < -0.39 is 12.0 Å². The van der Waals surface area contributed by atoms with Crippen LogP contribution < -0.4 is 5.32 Å². The van der Waals surface area contributed by atoms with Crippen LogP contribution in [-0.2, 0) is 14.3 Å². The fraction of sp³-hybridized carbons (Fsp3) is 0.481. The molecule has 2 aromatic rings. The molecule has 0 radical (unpaired) electrons. The van der Waals surface area contributed by atoms with Gasteiger partial charge < -0.3 is 10.1 Å². The minimum absolute atomic E-state index is 0.122. The summed E-state index contributed by atoms with van der Waals surface area (Å²) in [4.78, 5) is 26.8. The summed E-state index contributed by atoms with van der Waals surface area (Å²) in [5.41, 5.74) is 1.70. The molecule has 1 N–H and O–H groups in total. The number of amides is 1. The van der Waals surface area contributed by atoms with Gasteiger partial charge >= 0.3 is 5.97 Å². The molecule has 0 spiro atoms. The highest BCUT2D eigenvalue weighted by molar-refractivity contribution is 5.91. The lowest BCUT2D eigenvalue weighted by Gasteiger charge is -2.58. The van der Waals surface area contributed by atoms with Gasteiger partial charge in [0.05, 0.1) is 13.0 Å². The highest BCUT2D eigenvalue weighted by Crippen LogP contribution is 2.61. The van der Waals surface area contributed by atoms with Crippen molar-refractivity contribution in [1.82, 2.24) is 5.32 Å². The Bertz CT molecular complexity index is 865. The van der Waals surface area contributed by atoms with Gasteiger partial charge in [-0.15, -0.1) is 0 Å². The second-order valence-corrected chi connectivity index (χ2v) is 10.00. The van der Waals surface area contributed by atoms with E-state index in [1.807, 2.05) is 60.7 Å². The highest BCUT2D eigenvalue weighted by atomic mass is 16.5. The quantitative estimate of drug-likeness (QED) is 0.694. The SMILES string of the molecule is COC(=O)[C@@H](NC(=O)C(c1ccccc1)c1ccccc1)C12CC3CC(CC(C3)C1)C2. The summed E-state index contributed by atoms with van der Waals surface area (Å²) in [5, 5.41) is 3.21. The second kappa shape index (κ2) is 8.14. The Kier molecular flexibility index (Phi) is 5.33. The molecule has 6 rings (SSSR count). The van der Waals surface area contributed by atoms with E-state index in [1.54, 1.807) is 0 Å². The first-order valence-electron chi connectivity index (χ1n) is 11.6. The van der Waals surface area contributed by atoms with E-state index in [1.165, 1.54) is 26.4 Å². The Morgan fingerprint density at radius 2 is 1.29 bits per heavy atom. The number of esters is 1. The summed E-state index contributed by atoms with van der Waals surface area (Å²) in [6, 6.07) is 19.1. The van der Waals surface area contributed by atoms with Gasteiger partial charge in [-0.05, 0) is 67.4 Å². The van der Waals surface area contributed by atoms with Crippen molar-refractivity contribution in [2.75, 3.05) is 7.11 Å². The Hall–Kier alpha value is -2.62. The zero-order chi connectivity index (χ0) is 21.4. The van der Waals surface area contributed by atoms with E-state index in [0.29, 0.717) is 17.8 Å². The molecular weight excluding hydrogens is 386 g/mol. The van der Waals surface area contributed by atoms with Crippen LogP contribution in [-0.4, -0.2) is 25.0 Å². The van der Waals surface area contributed by atoms with Crippen molar-refractivity contribution < 1.29 is 14.3 Å². The topological polar surface area (TPSA) is 55.4 Å². The molecule has 0 aromatic heterocycles. The Morgan fingerprint density at radius 1 is 0.839 bits per heavy atom. The number of hydrogen-bond acceptors (Lipinski definition) is 3. The van der Waals surface area contributed by atoms with Crippen LogP contribution in [0.5, 0.6) is 0 Å². The largest absolute Gasteiger partial charge is 0.467 e. The van der Waals surface area contributed by atoms with Gasteiger partial charge in [-0.25, -0.2) is 4.79 Å². The van der Waals surface area contributed by atoms with Gasteiger partial charge in [0.1, 0.15) is 6.04 Å². The monoisotopic (exact) mass is 417 g/mol. The molecule has 0 saturated heterocycles. The molecule has 2 aromatic carbocycles. The van der Waals surface area contributed by atoms with Crippen molar-refractivity contribution in [3.63, 3.8) is 0 Å². The minimum atomic E-state index is -0.576. The van der Waals surface area contributed by atoms with Gasteiger partial charge in [-0.3, -0.25) is 4.79 Å². The molecular formula is C27H31NO3. The predicted octanol–water partition coefficient (Wildman–Crippen LogP) is 4.69. The van der Waals surface area contributed by atoms with E-state index in [2.05, 4.69) is 5.32 Å². The third kappa shape index (κ3) is 3.77. The van der Waals surface area contributed by atoms with Crippen LogP contribution in [0.25, 0.3) is 0 Å². The molecule has 162 valence electrons. The molecule has 4 aliphatic carbocycles. The lowest BCUT2D eigenvalue weighted by Crippen LogP contribution is -2.60. The lowest BCUT2D eigenvalue weighted by atomic mass is 9.47. The molecule has 4 nitrogen and oxygen atoms in total. The first-order chi connectivity index (χ1) is 15.1. The van der Waals surface area contributed by atoms with Crippen molar-refractivity contribution in [2.45, 2.75) is 50.5 Å². The van der Waals surface area contributed by atoms with Crippen LogP contribution in [0.4, 0.5) is 0 Å². The van der Waals surface area contributed by atoms with E-state index >= 15 is 0 Å². The second-order valence-electron chi connectivity index (χ2n) is 10.00. The van der Waals surface area contributed by atoms with Crippen LogP contribution in [0.3, 0.4) is 0 Å². The Morgan fingerprint density at radius 3 is 1.71 bits per heavy atom. The zero-order valence-electron chi connectivity index (χ0n) is 18.1. The molecule has 0 aliphatic heterocycles. The van der Waals surface area contributed by atoms with E-state index in [0.717, 1.165) is 30.4 Å². The number of hydrogen-bond donors (Lipinski definition) is 1. The smallest absolute Gasteiger partial charge is 0.328 e. The lowest BCUT2D eigenvalue weighted by molar-refractivity contribution is -0.157. The van der Waals surface area contributed by atoms with E-state index in [4.69, 9.17) is 4.74 Å². The molecule has 4 saturated carbocycles. The average Bonchev–Trinajstić information content (AvgIpc) is 2.77. The van der Waals surface area contributed by atoms with Crippen LogP contribution >= 0.6 is 0 Å². The number of benzene rings is 2. The molecule has 4 fully saturated rings. The fourth-order valence-electron chi connectivity index (χ4n) is 7.12. The Labute approximate surface area is 184 Å². The number of rotatable bonds is 6. The molecule has 4 aliphatic rings. The molecule has 1 amide bonds. The fourth-order valence-corrected chi connectivity index (χ4v) is 7.12. The number of methoxy groups -OCH3 is 1. The van der Waals surface area contributed by atoms with Gasteiger partial charge in [0, 0.05) is 5.41 Å². The van der Waals surface area contributed by atoms with Crippen LogP contribution in [0.1, 0.15) is 55.6 Å².